The number of carbonyl (C=O) groups is 1. The smallest absolute Gasteiger partial charge is 0.251 e. The quantitative estimate of drug-likeness (QED) is 0.735. The summed E-state index contributed by atoms with van der Waals surface area (Å²) in [6.07, 6.45) is 1.14. The monoisotopic (exact) mass is 382 g/mol. The molecule has 27 heavy (non-hydrogen) atoms. The van der Waals surface area contributed by atoms with Gasteiger partial charge in [0.15, 0.2) is 0 Å². The molecule has 6 heteroatoms. The van der Waals surface area contributed by atoms with Crippen molar-refractivity contribution in [1.82, 2.24) is 5.32 Å². The molecule has 0 atom stereocenters. The van der Waals surface area contributed by atoms with Crippen molar-refractivity contribution < 1.29 is 13.2 Å². The Bertz CT molecular complexity index is 1110. The fourth-order valence-corrected chi connectivity index (χ4v) is 3.46. The lowest BCUT2D eigenvalue weighted by atomic mass is 10.1. The topological polar surface area (TPSA) is 66.5 Å². The average molecular weight is 382 g/mol. The molecule has 0 aliphatic rings. The van der Waals surface area contributed by atoms with Crippen molar-refractivity contribution in [2.45, 2.75) is 13.5 Å². The fraction of sp³-hybridized carbons (Fsp3) is 0.190. The van der Waals surface area contributed by atoms with Gasteiger partial charge in [-0.2, -0.15) is 0 Å². The highest BCUT2D eigenvalue weighted by Crippen LogP contribution is 2.23. The Morgan fingerprint density at radius 2 is 1.70 bits per heavy atom. The van der Waals surface area contributed by atoms with Crippen LogP contribution in [0.3, 0.4) is 0 Å². The van der Waals surface area contributed by atoms with Crippen molar-refractivity contribution in [1.29, 1.82) is 0 Å². The van der Waals surface area contributed by atoms with Crippen molar-refractivity contribution in [2.75, 3.05) is 17.6 Å². The van der Waals surface area contributed by atoms with Gasteiger partial charge in [0.25, 0.3) is 5.91 Å². The molecule has 0 heterocycles. The summed E-state index contributed by atoms with van der Waals surface area (Å²) in [5, 5.41) is 5.17. The van der Waals surface area contributed by atoms with Crippen LogP contribution in [-0.4, -0.2) is 27.6 Å². The maximum Gasteiger partial charge on any atom is 0.251 e. The van der Waals surface area contributed by atoms with Gasteiger partial charge in [-0.05, 0) is 47.0 Å². The van der Waals surface area contributed by atoms with Gasteiger partial charge in [0.1, 0.15) is 0 Å². The number of amides is 1. The number of sulfonamides is 1. The van der Waals surface area contributed by atoms with Gasteiger partial charge < -0.3 is 5.32 Å². The first-order chi connectivity index (χ1) is 12.8. The summed E-state index contributed by atoms with van der Waals surface area (Å²) in [4.78, 5) is 12.5. The average Bonchev–Trinajstić information content (AvgIpc) is 2.65. The molecule has 0 aromatic heterocycles. The Hall–Kier alpha value is -2.86. The maximum absolute atomic E-state index is 12.5. The SMILES string of the molecule is Cc1ccc(C(=O)NCc2ccc3ccccc3c2)cc1N(C)S(C)(=O)=O. The van der Waals surface area contributed by atoms with E-state index >= 15 is 0 Å². The third kappa shape index (κ3) is 4.28. The largest absolute Gasteiger partial charge is 0.348 e. The van der Waals surface area contributed by atoms with Gasteiger partial charge in [0, 0.05) is 19.2 Å². The zero-order chi connectivity index (χ0) is 19.6. The lowest BCUT2D eigenvalue weighted by Crippen LogP contribution is -2.27. The predicted octanol–water partition coefficient (Wildman–Crippen LogP) is 3.47. The first kappa shape index (κ1) is 18.9. The van der Waals surface area contributed by atoms with Gasteiger partial charge in [0.2, 0.25) is 10.0 Å². The van der Waals surface area contributed by atoms with Gasteiger partial charge in [-0.1, -0.05) is 42.5 Å². The van der Waals surface area contributed by atoms with E-state index in [0.717, 1.165) is 28.2 Å². The molecule has 3 aromatic carbocycles. The van der Waals surface area contributed by atoms with E-state index < -0.39 is 10.0 Å². The molecule has 0 radical (unpaired) electrons. The predicted molar refractivity (Wildman–Crippen MR) is 110 cm³/mol. The number of rotatable bonds is 5. The van der Waals surface area contributed by atoms with E-state index in [1.54, 1.807) is 18.2 Å². The van der Waals surface area contributed by atoms with Crippen molar-refractivity contribution in [3.8, 4) is 0 Å². The Balaban J connectivity index is 1.77. The second-order valence-corrected chi connectivity index (χ2v) is 8.61. The molecular weight excluding hydrogens is 360 g/mol. The number of benzene rings is 3. The Labute approximate surface area is 159 Å². The van der Waals surface area contributed by atoms with Gasteiger partial charge >= 0.3 is 0 Å². The van der Waals surface area contributed by atoms with Crippen LogP contribution in [0, 0.1) is 6.92 Å². The van der Waals surface area contributed by atoms with Crippen molar-refractivity contribution >= 4 is 32.4 Å². The van der Waals surface area contributed by atoms with Crippen LogP contribution < -0.4 is 9.62 Å². The molecule has 3 rings (SSSR count). The molecule has 0 fully saturated rings. The lowest BCUT2D eigenvalue weighted by molar-refractivity contribution is 0.0951. The first-order valence-electron chi connectivity index (χ1n) is 8.56. The molecule has 0 saturated carbocycles. The number of fused-ring (bicyclic) bond motifs is 1. The van der Waals surface area contributed by atoms with E-state index in [9.17, 15) is 13.2 Å². The standard InChI is InChI=1S/C21H22N2O3S/c1-15-8-10-19(13-20(15)23(2)27(3,25)26)21(24)22-14-16-9-11-17-6-4-5-7-18(17)12-16/h4-13H,14H2,1-3H3,(H,22,24). The number of aryl methyl sites for hydroxylation is 1. The molecular formula is C21H22N2O3S. The molecule has 0 aliphatic carbocycles. The summed E-state index contributed by atoms with van der Waals surface area (Å²) in [6, 6.07) is 19.2. The Morgan fingerprint density at radius 3 is 2.41 bits per heavy atom. The molecule has 5 nitrogen and oxygen atoms in total. The molecule has 0 spiro atoms. The summed E-state index contributed by atoms with van der Waals surface area (Å²) in [5.41, 5.74) is 2.71. The van der Waals surface area contributed by atoms with Crippen LogP contribution in [0.1, 0.15) is 21.5 Å². The highest BCUT2D eigenvalue weighted by Gasteiger charge is 2.16. The van der Waals surface area contributed by atoms with Crippen molar-refractivity contribution in [3.63, 3.8) is 0 Å². The minimum atomic E-state index is -3.40. The second kappa shape index (κ2) is 7.40. The van der Waals surface area contributed by atoms with E-state index in [0.29, 0.717) is 17.8 Å². The fourth-order valence-electron chi connectivity index (χ4n) is 2.90. The Kier molecular flexibility index (Phi) is 5.19. The number of anilines is 1. The molecule has 0 saturated heterocycles. The third-order valence-corrected chi connectivity index (χ3v) is 5.77. The number of nitrogens with one attached hydrogen (secondary N) is 1. The molecule has 140 valence electrons. The summed E-state index contributed by atoms with van der Waals surface area (Å²) in [7, 11) is -1.91. The Morgan fingerprint density at radius 1 is 1.00 bits per heavy atom. The molecule has 1 N–H and O–H groups in total. The summed E-state index contributed by atoms with van der Waals surface area (Å²) in [6.45, 7) is 2.21. The van der Waals surface area contributed by atoms with Crippen molar-refractivity contribution in [2.24, 2.45) is 0 Å². The van der Waals surface area contributed by atoms with Crippen molar-refractivity contribution in [3.05, 3.63) is 77.4 Å². The zero-order valence-electron chi connectivity index (χ0n) is 15.6. The van der Waals surface area contributed by atoms with E-state index in [1.165, 1.54) is 11.4 Å². The van der Waals surface area contributed by atoms with Crippen LogP contribution in [0.5, 0.6) is 0 Å². The molecule has 0 bridgehead atoms. The van der Waals surface area contributed by atoms with Crippen LogP contribution in [0.25, 0.3) is 10.8 Å². The minimum absolute atomic E-state index is 0.244. The zero-order valence-corrected chi connectivity index (χ0v) is 16.4. The van der Waals surface area contributed by atoms with Gasteiger partial charge in [0.05, 0.1) is 11.9 Å². The van der Waals surface area contributed by atoms with Crippen LogP contribution in [0.4, 0.5) is 5.69 Å². The van der Waals surface area contributed by atoms with Gasteiger partial charge in [-0.3, -0.25) is 9.10 Å². The van der Waals surface area contributed by atoms with Crippen LogP contribution >= 0.6 is 0 Å². The van der Waals surface area contributed by atoms with E-state index in [-0.39, 0.29) is 5.91 Å². The van der Waals surface area contributed by atoms with E-state index in [2.05, 4.69) is 5.32 Å². The van der Waals surface area contributed by atoms with E-state index in [4.69, 9.17) is 0 Å². The number of carbonyl (C=O) groups excluding carboxylic acids is 1. The lowest BCUT2D eigenvalue weighted by Gasteiger charge is -2.19. The molecule has 0 unspecified atom stereocenters. The summed E-state index contributed by atoms with van der Waals surface area (Å²) >= 11 is 0. The highest BCUT2D eigenvalue weighted by atomic mass is 32.2. The first-order valence-corrected chi connectivity index (χ1v) is 10.4. The molecule has 1 amide bonds. The third-order valence-electron chi connectivity index (χ3n) is 4.57. The van der Waals surface area contributed by atoms with Crippen LogP contribution in [0.2, 0.25) is 0 Å². The maximum atomic E-state index is 12.5. The van der Waals surface area contributed by atoms with E-state index in [1.807, 2.05) is 49.4 Å². The molecule has 0 aliphatic heterocycles. The van der Waals surface area contributed by atoms with Crippen LogP contribution in [0.15, 0.2) is 60.7 Å². The highest BCUT2D eigenvalue weighted by molar-refractivity contribution is 7.92. The summed E-state index contributed by atoms with van der Waals surface area (Å²) < 4.78 is 24.8. The number of hydrogen-bond acceptors (Lipinski definition) is 3. The number of nitrogens with zero attached hydrogens (tertiary/aromatic N) is 1. The normalized spacial score (nSPS) is 11.4. The number of hydrogen-bond donors (Lipinski definition) is 1. The minimum Gasteiger partial charge on any atom is -0.348 e. The summed E-state index contributed by atoms with van der Waals surface area (Å²) in [5.74, 6) is -0.244. The van der Waals surface area contributed by atoms with Gasteiger partial charge in [-0.15, -0.1) is 0 Å². The van der Waals surface area contributed by atoms with Gasteiger partial charge in [-0.25, -0.2) is 8.42 Å². The molecule has 3 aromatic rings. The second-order valence-electron chi connectivity index (χ2n) is 6.60. The van der Waals surface area contributed by atoms with Crippen LogP contribution in [-0.2, 0) is 16.6 Å².